The van der Waals surface area contributed by atoms with Crippen LogP contribution in [0.1, 0.15) is 18.4 Å². The van der Waals surface area contributed by atoms with Crippen LogP contribution in [-0.2, 0) is 6.42 Å². The fourth-order valence-electron chi connectivity index (χ4n) is 2.85. The number of benzene rings is 1. The van der Waals surface area contributed by atoms with Gasteiger partial charge in [-0.1, -0.05) is 0 Å². The molecule has 0 aliphatic carbocycles. The van der Waals surface area contributed by atoms with Crippen molar-refractivity contribution in [3.8, 4) is 17.2 Å². The van der Waals surface area contributed by atoms with Gasteiger partial charge in [-0.3, -0.25) is 0 Å². The Balaban J connectivity index is 1.93. The minimum atomic E-state index is 0.296. The third kappa shape index (κ3) is 2.54. The Morgan fingerprint density at radius 1 is 1.47 bits per heavy atom. The van der Waals surface area contributed by atoms with E-state index < -0.39 is 0 Å². The van der Waals surface area contributed by atoms with E-state index in [1.54, 1.807) is 7.11 Å². The Hall–Kier alpha value is -0.940. The molecule has 1 atom stereocenters. The zero-order valence-corrected chi connectivity index (χ0v) is 12.6. The molecule has 2 heterocycles. The summed E-state index contributed by atoms with van der Waals surface area (Å²) in [5.41, 5.74) is 1.12. The number of rotatable bonds is 3. The van der Waals surface area contributed by atoms with E-state index in [0.29, 0.717) is 12.7 Å². The summed E-state index contributed by atoms with van der Waals surface area (Å²) in [6.07, 6.45) is 3.44. The summed E-state index contributed by atoms with van der Waals surface area (Å²) in [5, 5.41) is 3.45. The molecular formula is C14H18BrNO3. The smallest absolute Gasteiger partial charge is 0.231 e. The average molecular weight is 328 g/mol. The first-order chi connectivity index (χ1) is 9.29. The minimum absolute atomic E-state index is 0.296. The summed E-state index contributed by atoms with van der Waals surface area (Å²) in [5.74, 6) is 3.16. The second-order valence-electron chi connectivity index (χ2n) is 5.02. The SMILES string of the molecule is COc1c(Br)cc2c(c1CC1CCCNC1)OCO2. The van der Waals surface area contributed by atoms with Crippen LogP contribution in [0, 0.1) is 5.92 Å². The molecule has 1 aromatic carbocycles. The van der Waals surface area contributed by atoms with Gasteiger partial charge in [0.15, 0.2) is 11.5 Å². The van der Waals surface area contributed by atoms with Gasteiger partial charge in [0.2, 0.25) is 6.79 Å². The van der Waals surface area contributed by atoms with Crippen LogP contribution in [-0.4, -0.2) is 27.0 Å². The molecule has 1 fully saturated rings. The number of fused-ring (bicyclic) bond motifs is 1. The van der Waals surface area contributed by atoms with Crippen LogP contribution >= 0.6 is 15.9 Å². The van der Waals surface area contributed by atoms with E-state index in [-0.39, 0.29) is 0 Å². The van der Waals surface area contributed by atoms with Crippen molar-refractivity contribution >= 4 is 15.9 Å². The third-order valence-corrected chi connectivity index (χ3v) is 4.35. The minimum Gasteiger partial charge on any atom is -0.495 e. The quantitative estimate of drug-likeness (QED) is 0.926. The fourth-order valence-corrected chi connectivity index (χ4v) is 3.46. The summed E-state index contributed by atoms with van der Waals surface area (Å²) in [4.78, 5) is 0. The van der Waals surface area contributed by atoms with Crippen molar-refractivity contribution in [2.24, 2.45) is 5.92 Å². The summed E-state index contributed by atoms with van der Waals surface area (Å²) in [7, 11) is 1.70. The van der Waals surface area contributed by atoms with E-state index in [0.717, 1.165) is 46.8 Å². The van der Waals surface area contributed by atoms with E-state index in [1.807, 2.05) is 6.07 Å². The predicted octanol–water partition coefficient (Wildman–Crippen LogP) is 2.73. The van der Waals surface area contributed by atoms with E-state index >= 15 is 0 Å². The molecule has 1 unspecified atom stereocenters. The second-order valence-corrected chi connectivity index (χ2v) is 5.87. The van der Waals surface area contributed by atoms with Crippen LogP contribution in [0.2, 0.25) is 0 Å². The highest BCUT2D eigenvalue weighted by molar-refractivity contribution is 9.10. The van der Waals surface area contributed by atoms with Crippen molar-refractivity contribution in [3.63, 3.8) is 0 Å². The highest BCUT2D eigenvalue weighted by Gasteiger charge is 2.26. The fraction of sp³-hybridized carbons (Fsp3) is 0.571. The molecule has 1 aromatic rings. The van der Waals surface area contributed by atoms with Crippen LogP contribution in [0.5, 0.6) is 17.2 Å². The molecule has 19 heavy (non-hydrogen) atoms. The Bertz CT molecular complexity index is 468. The molecule has 104 valence electrons. The standard InChI is InChI=1S/C14H18BrNO3/c1-17-13-10(5-9-3-2-4-16-7-9)14-12(6-11(13)15)18-8-19-14/h6,9,16H,2-5,7-8H2,1H3. The van der Waals surface area contributed by atoms with Crippen molar-refractivity contribution in [3.05, 3.63) is 16.1 Å². The number of ether oxygens (including phenoxy) is 3. The first-order valence-electron chi connectivity index (χ1n) is 6.65. The summed E-state index contributed by atoms with van der Waals surface area (Å²) in [6, 6.07) is 1.92. The van der Waals surface area contributed by atoms with Crippen molar-refractivity contribution in [1.82, 2.24) is 5.32 Å². The van der Waals surface area contributed by atoms with Gasteiger partial charge in [-0.15, -0.1) is 0 Å². The first-order valence-corrected chi connectivity index (χ1v) is 7.44. The third-order valence-electron chi connectivity index (χ3n) is 3.76. The van der Waals surface area contributed by atoms with Gasteiger partial charge >= 0.3 is 0 Å². The van der Waals surface area contributed by atoms with E-state index in [1.165, 1.54) is 12.8 Å². The topological polar surface area (TPSA) is 39.7 Å². The molecule has 1 N–H and O–H groups in total. The van der Waals surface area contributed by atoms with Gasteiger partial charge in [0, 0.05) is 11.6 Å². The summed E-state index contributed by atoms with van der Waals surface area (Å²) in [6.45, 7) is 2.49. The van der Waals surface area contributed by atoms with Crippen molar-refractivity contribution in [2.45, 2.75) is 19.3 Å². The maximum atomic E-state index is 5.63. The van der Waals surface area contributed by atoms with Gasteiger partial charge in [-0.05, 0) is 54.2 Å². The average Bonchev–Trinajstić information content (AvgIpc) is 2.88. The van der Waals surface area contributed by atoms with Crippen molar-refractivity contribution in [1.29, 1.82) is 0 Å². The predicted molar refractivity (Wildman–Crippen MR) is 76.1 cm³/mol. The van der Waals surface area contributed by atoms with Crippen LogP contribution in [0.25, 0.3) is 0 Å². The summed E-state index contributed by atoms with van der Waals surface area (Å²) < 4.78 is 17.6. The lowest BCUT2D eigenvalue weighted by Crippen LogP contribution is -2.31. The van der Waals surface area contributed by atoms with Crippen molar-refractivity contribution in [2.75, 3.05) is 27.0 Å². The molecule has 0 amide bonds. The van der Waals surface area contributed by atoms with Crippen LogP contribution in [0.15, 0.2) is 10.5 Å². The Kier molecular flexibility index (Phi) is 3.84. The number of hydrogen-bond acceptors (Lipinski definition) is 4. The van der Waals surface area contributed by atoms with Gasteiger partial charge in [-0.2, -0.15) is 0 Å². The van der Waals surface area contributed by atoms with Crippen LogP contribution in [0.3, 0.4) is 0 Å². The van der Waals surface area contributed by atoms with Gasteiger partial charge in [-0.25, -0.2) is 0 Å². The van der Waals surface area contributed by atoms with Gasteiger partial charge < -0.3 is 19.5 Å². The molecule has 2 aliphatic heterocycles. The lowest BCUT2D eigenvalue weighted by atomic mass is 9.91. The molecule has 2 aliphatic rings. The molecule has 0 aromatic heterocycles. The molecule has 0 spiro atoms. The van der Waals surface area contributed by atoms with E-state index in [4.69, 9.17) is 14.2 Å². The maximum absolute atomic E-state index is 5.63. The molecule has 4 nitrogen and oxygen atoms in total. The number of methoxy groups -OCH3 is 1. The van der Waals surface area contributed by atoms with E-state index in [2.05, 4.69) is 21.2 Å². The lowest BCUT2D eigenvalue weighted by molar-refractivity contribution is 0.172. The highest BCUT2D eigenvalue weighted by atomic mass is 79.9. The molecule has 5 heteroatoms. The Morgan fingerprint density at radius 2 is 2.37 bits per heavy atom. The number of nitrogens with one attached hydrogen (secondary N) is 1. The second kappa shape index (κ2) is 5.59. The monoisotopic (exact) mass is 327 g/mol. The first kappa shape index (κ1) is 13.1. The number of piperidine rings is 1. The molecule has 3 rings (SSSR count). The van der Waals surface area contributed by atoms with Gasteiger partial charge in [0.1, 0.15) is 5.75 Å². The normalized spacial score (nSPS) is 21.5. The van der Waals surface area contributed by atoms with Gasteiger partial charge in [0.25, 0.3) is 0 Å². The largest absolute Gasteiger partial charge is 0.495 e. The molecule has 0 radical (unpaired) electrons. The van der Waals surface area contributed by atoms with Crippen molar-refractivity contribution < 1.29 is 14.2 Å². The van der Waals surface area contributed by atoms with Gasteiger partial charge in [0.05, 0.1) is 11.6 Å². The van der Waals surface area contributed by atoms with Crippen LogP contribution in [0.4, 0.5) is 0 Å². The van der Waals surface area contributed by atoms with E-state index in [9.17, 15) is 0 Å². The highest BCUT2D eigenvalue weighted by Crippen LogP contribution is 2.46. The zero-order chi connectivity index (χ0) is 13.2. The lowest BCUT2D eigenvalue weighted by Gasteiger charge is -2.24. The zero-order valence-electron chi connectivity index (χ0n) is 11.0. The molecule has 1 saturated heterocycles. The number of halogens is 1. The summed E-state index contributed by atoms with van der Waals surface area (Å²) >= 11 is 3.55. The molecule has 0 bridgehead atoms. The molecule has 0 saturated carbocycles. The number of hydrogen-bond donors (Lipinski definition) is 1. The molecular weight excluding hydrogens is 310 g/mol. The Labute approximate surface area is 121 Å². The maximum Gasteiger partial charge on any atom is 0.231 e. The Morgan fingerprint density at radius 3 is 3.11 bits per heavy atom. The van der Waals surface area contributed by atoms with Crippen LogP contribution < -0.4 is 19.5 Å².